The minimum absolute atomic E-state index is 0.200. The SMILES string of the molecule is COc1cc(/C=N/NC(=O)COc2ccc(F)cc2)ccc1OC(=O)c1ccccc1Cl. The Labute approximate surface area is 188 Å². The highest BCUT2D eigenvalue weighted by Gasteiger charge is 2.15. The zero-order valence-corrected chi connectivity index (χ0v) is 17.6. The van der Waals surface area contributed by atoms with Crippen LogP contribution in [0.4, 0.5) is 4.39 Å². The van der Waals surface area contributed by atoms with Crippen LogP contribution < -0.4 is 19.6 Å². The van der Waals surface area contributed by atoms with E-state index < -0.39 is 17.7 Å². The molecule has 9 heteroatoms. The number of hydrogen-bond donors (Lipinski definition) is 1. The normalized spacial score (nSPS) is 10.6. The van der Waals surface area contributed by atoms with Gasteiger partial charge in [-0.05, 0) is 60.2 Å². The lowest BCUT2D eigenvalue weighted by Crippen LogP contribution is -2.24. The van der Waals surface area contributed by atoms with E-state index >= 15 is 0 Å². The first-order valence-electron chi connectivity index (χ1n) is 9.31. The summed E-state index contributed by atoms with van der Waals surface area (Å²) in [5.74, 6) is -0.665. The Balaban J connectivity index is 1.57. The first kappa shape index (κ1) is 22.8. The van der Waals surface area contributed by atoms with Crippen LogP contribution in [0, 0.1) is 5.82 Å². The molecular formula is C23H18ClFN2O5. The van der Waals surface area contributed by atoms with E-state index in [9.17, 15) is 14.0 Å². The van der Waals surface area contributed by atoms with Gasteiger partial charge in [0.1, 0.15) is 11.6 Å². The summed E-state index contributed by atoms with van der Waals surface area (Å²) in [5.41, 5.74) is 3.13. The molecule has 7 nitrogen and oxygen atoms in total. The minimum Gasteiger partial charge on any atom is -0.493 e. The summed E-state index contributed by atoms with van der Waals surface area (Å²) in [6.07, 6.45) is 1.39. The van der Waals surface area contributed by atoms with Crippen molar-refractivity contribution >= 4 is 29.7 Å². The number of hydrazone groups is 1. The molecule has 0 aromatic heterocycles. The predicted octanol–water partition coefficient (Wildman–Crippen LogP) is 4.24. The van der Waals surface area contributed by atoms with Gasteiger partial charge in [-0.15, -0.1) is 0 Å². The van der Waals surface area contributed by atoms with Crippen LogP contribution in [0.1, 0.15) is 15.9 Å². The van der Waals surface area contributed by atoms with Crippen LogP contribution in [0.5, 0.6) is 17.2 Å². The Morgan fingerprint density at radius 3 is 2.53 bits per heavy atom. The predicted molar refractivity (Wildman–Crippen MR) is 117 cm³/mol. The van der Waals surface area contributed by atoms with Gasteiger partial charge in [-0.1, -0.05) is 23.7 Å². The number of rotatable bonds is 8. The maximum absolute atomic E-state index is 12.9. The Morgan fingerprint density at radius 2 is 1.81 bits per heavy atom. The molecule has 0 aliphatic rings. The van der Waals surface area contributed by atoms with Gasteiger partial charge < -0.3 is 14.2 Å². The van der Waals surface area contributed by atoms with E-state index in [1.165, 1.54) is 43.7 Å². The van der Waals surface area contributed by atoms with E-state index in [-0.39, 0.29) is 22.9 Å². The molecule has 0 atom stereocenters. The van der Waals surface area contributed by atoms with Crippen LogP contribution in [0.15, 0.2) is 71.8 Å². The van der Waals surface area contributed by atoms with Crippen molar-refractivity contribution in [2.75, 3.05) is 13.7 Å². The molecule has 0 saturated carbocycles. The lowest BCUT2D eigenvalue weighted by Gasteiger charge is -2.10. The molecule has 0 radical (unpaired) electrons. The molecule has 0 unspecified atom stereocenters. The van der Waals surface area contributed by atoms with E-state index in [0.717, 1.165) is 0 Å². The number of carbonyl (C=O) groups excluding carboxylic acids is 2. The lowest BCUT2D eigenvalue weighted by molar-refractivity contribution is -0.123. The number of hydrogen-bond acceptors (Lipinski definition) is 6. The average molecular weight is 457 g/mol. The fourth-order valence-corrected chi connectivity index (χ4v) is 2.73. The molecule has 0 aliphatic carbocycles. The van der Waals surface area contributed by atoms with E-state index in [0.29, 0.717) is 17.1 Å². The first-order chi connectivity index (χ1) is 15.5. The van der Waals surface area contributed by atoms with Gasteiger partial charge in [0.05, 0.1) is 23.9 Å². The molecule has 164 valence electrons. The minimum atomic E-state index is -0.622. The third kappa shape index (κ3) is 6.29. The third-order valence-electron chi connectivity index (χ3n) is 4.07. The van der Waals surface area contributed by atoms with Crippen LogP contribution in [0.2, 0.25) is 5.02 Å². The van der Waals surface area contributed by atoms with Crippen molar-refractivity contribution in [1.29, 1.82) is 0 Å². The summed E-state index contributed by atoms with van der Waals surface area (Å²) in [7, 11) is 1.43. The van der Waals surface area contributed by atoms with Crippen molar-refractivity contribution in [3.63, 3.8) is 0 Å². The fraction of sp³-hybridized carbons (Fsp3) is 0.0870. The van der Waals surface area contributed by atoms with Crippen LogP contribution in [0.25, 0.3) is 0 Å². The molecule has 32 heavy (non-hydrogen) atoms. The number of methoxy groups -OCH3 is 1. The van der Waals surface area contributed by atoms with Crippen LogP contribution in [-0.4, -0.2) is 31.8 Å². The maximum Gasteiger partial charge on any atom is 0.345 e. The molecular weight excluding hydrogens is 439 g/mol. The second-order valence-corrected chi connectivity index (χ2v) is 6.72. The van der Waals surface area contributed by atoms with Gasteiger partial charge in [-0.25, -0.2) is 14.6 Å². The summed E-state index contributed by atoms with van der Waals surface area (Å²) < 4.78 is 28.7. The average Bonchev–Trinajstić information content (AvgIpc) is 2.79. The zero-order valence-electron chi connectivity index (χ0n) is 16.9. The Bertz CT molecular complexity index is 1140. The summed E-state index contributed by atoms with van der Waals surface area (Å²) in [6, 6.07) is 16.6. The summed E-state index contributed by atoms with van der Waals surface area (Å²) in [4.78, 5) is 24.2. The van der Waals surface area contributed by atoms with E-state index in [1.54, 1.807) is 36.4 Å². The summed E-state index contributed by atoms with van der Waals surface area (Å²) >= 11 is 6.02. The van der Waals surface area contributed by atoms with Crippen molar-refractivity contribution in [2.45, 2.75) is 0 Å². The summed E-state index contributed by atoms with van der Waals surface area (Å²) in [6.45, 7) is -0.288. The monoisotopic (exact) mass is 456 g/mol. The Kier molecular flexibility index (Phi) is 7.77. The van der Waals surface area contributed by atoms with Crippen LogP contribution >= 0.6 is 11.6 Å². The zero-order chi connectivity index (χ0) is 22.9. The van der Waals surface area contributed by atoms with Crippen molar-refractivity contribution in [3.8, 4) is 17.2 Å². The summed E-state index contributed by atoms with van der Waals surface area (Å²) in [5, 5.41) is 4.13. The lowest BCUT2D eigenvalue weighted by atomic mass is 10.2. The number of carbonyl (C=O) groups is 2. The highest BCUT2D eigenvalue weighted by atomic mass is 35.5. The molecule has 3 aromatic rings. The molecule has 0 fully saturated rings. The molecule has 0 spiro atoms. The number of benzene rings is 3. The molecule has 1 N–H and O–H groups in total. The number of nitrogens with zero attached hydrogens (tertiary/aromatic N) is 1. The molecule has 1 amide bonds. The van der Waals surface area contributed by atoms with Crippen molar-refractivity contribution in [2.24, 2.45) is 5.10 Å². The Morgan fingerprint density at radius 1 is 1.06 bits per heavy atom. The van der Waals surface area contributed by atoms with Gasteiger partial charge in [0, 0.05) is 0 Å². The van der Waals surface area contributed by atoms with Crippen LogP contribution in [0.3, 0.4) is 0 Å². The molecule has 0 aliphatic heterocycles. The molecule has 3 aromatic carbocycles. The highest BCUT2D eigenvalue weighted by molar-refractivity contribution is 6.33. The van der Waals surface area contributed by atoms with Gasteiger partial charge in [-0.2, -0.15) is 5.10 Å². The van der Waals surface area contributed by atoms with Gasteiger partial charge in [-0.3, -0.25) is 4.79 Å². The van der Waals surface area contributed by atoms with Crippen molar-refractivity contribution < 1.29 is 28.2 Å². The van der Waals surface area contributed by atoms with Gasteiger partial charge in [0.25, 0.3) is 5.91 Å². The first-order valence-corrected chi connectivity index (χ1v) is 9.69. The third-order valence-corrected chi connectivity index (χ3v) is 4.40. The number of ether oxygens (including phenoxy) is 3. The van der Waals surface area contributed by atoms with Crippen LogP contribution in [-0.2, 0) is 4.79 Å². The van der Waals surface area contributed by atoms with Gasteiger partial charge in [0.15, 0.2) is 18.1 Å². The number of halogens is 2. The number of esters is 1. The Hall–Kier alpha value is -3.91. The van der Waals surface area contributed by atoms with Crippen molar-refractivity contribution in [3.05, 3.63) is 88.7 Å². The molecule has 0 heterocycles. The quantitative estimate of drug-likeness (QED) is 0.237. The van der Waals surface area contributed by atoms with E-state index in [4.69, 9.17) is 25.8 Å². The largest absolute Gasteiger partial charge is 0.493 e. The van der Waals surface area contributed by atoms with Gasteiger partial charge >= 0.3 is 5.97 Å². The standard InChI is InChI=1S/C23H18ClFN2O5/c1-30-21-12-15(6-11-20(21)32-23(29)18-4-2-3-5-19(18)24)13-26-27-22(28)14-31-17-9-7-16(25)8-10-17/h2-13H,14H2,1H3,(H,27,28)/b26-13+. The molecule has 0 saturated heterocycles. The second kappa shape index (κ2) is 10.9. The smallest absolute Gasteiger partial charge is 0.345 e. The van der Waals surface area contributed by atoms with E-state index in [2.05, 4.69) is 10.5 Å². The number of amides is 1. The van der Waals surface area contributed by atoms with Gasteiger partial charge in [0.2, 0.25) is 0 Å². The number of nitrogens with one attached hydrogen (secondary N) is 1. The second-order valence-electron chi connectivity index (χ2n) is 6.32. The topological polar surface area (TPSA) is 86.2 Å². The fourth-order valence-electron chi connectivity index (χ4n) is 2.52. The molecule has 0 bridgehead atoms. The molecule has 3 rings (SSSR count). The van der Waals surface area contributed by atoms with E-state index in [1.807, 2.05) is 0 Å². The maximum atomic E-state index is 12.9. The highest BCUT2D eigenvalue weighted by Crippen LogP contribution is 2.29. The van der Waals surface area contributed by atoms with Crippen molar-refractivity contribution in [1.82, 2.24) is 5.43 Å².